The summed E-state index contributed by atoms with van der Waals surface area (Å²) in [6.07, 6.45) is 1.16. The summed E-state index contributed by atoms with van der Waals surface area (Å²) in [4.78, 5) is 0. The summed E-state index contributed by atoms with van der Waals surface area (Å²) in [5.74, 6) is -0.433. The Labute approximate surface area is 100.0 Å². The maximum absolute atomic E-state index is 13.0. The molecule has 1 aromatic carbocycles. The molecule has 6 heteroatoms. The van der Waals surface area contributed by atoms with Crippen molar-refractivity contribution in [1.82, 2.24) is 5.32 Å². The number of halogens is 1. The van der Waals surface area contributed by atoms with Crippen molar-refractivity contribution in [2.45, 2.75) is 6.54 Å². The van der Waals surface area contributed by atoms with Crippen LogP contribution in [0.25, 0.3) is 0 Å². The van der Waals surface area contributed by atoms with Gasteiger partial charge >= 0.3 is 0 Å². The van der Waals surface area contributed by atoms with Crippen LogP contribution in [-0.4, -0.2) is 27.0 Å². The second-order valence-electron chi connectivity index (χ2n) is 3.77. The number of nitrogens with one attached hydrogen (secondary N) is 1. The summed E-state index contributed by atoms with van der Waals surface area (Å²) in [5, 5.41) is 11.5. The Morgan fingerprint density at radius 1 is 1.41 bits per heavy atom. The minimum Gasteiger partial charge on any atom is -0.312 e. The average Bonchev–Trinajstić information content (AvgIpc) is 2.22. The van der Waals surface area contributed by atoms with E-state index < -0.39 is 15.7 Å². The first kappa shape index (κ1) is 13.6. The van der Waals surface area contributed by atoms with Crippen LogP contribution in [0.2, 0.25) is 0 Å². The van der Waals surface area contributed by atoms with Crippen molar-refractivity contribution in [3.63, 3.8) is 0 Å². The molecule has 17 heavy (non-hydrogen) atoms. The molecule has 0 unspecified atom stereocenters. The van der Waals surface area contributed by atoms with Crippen molar-refractivity contribution < 1.29 is 12.8 Å². The molecule has 0 aromatic heterocycles. The lowest BCUT2D eigenvalue weighted by Crippen LogP contribution is -2.22. The lowest BCUT2D eigenvalue weighted by molar-refractivity contribution is 0.595. The van der Waals surface area contributed by atoms with E-state index in [9.17, 15) is 12.8 Å². The molecule has 0 aliphatic carbocycles. The monoisotopic (exact) mass is 256 g/mol. The van der Waals surface area contributed by atoms with Crippen LogP contribution in [0, 0.1) is 17.1 Å². The van der Waals surface area contributed by atoms with E-state index in [1.165, 1.54) is 6.07 Å². The van der Waals surface area contributed by atoms with Gasteiger partial charge in [0.1, 0.15) is 15.7 Å². The quantitative estimate of drug-likeness (QED) is 0.792. The van der Waals surface area contributed by atoms with Gasteiger partial charge in [-0.05, 0) is 23.8 Å². The highest BCUT2D eigenvalue weighted by atomic mass is 32.2. The van der Waals surface area contributed by atoms with Crippen LogP contribution in [-0.2, 0) is 16.4 Å². The van der Waals surface area contributed by atoms with Gasteiger partial charge in [-0.15, -0.1) is 0 Å². The highest BCUT2D eigenvalue weighted by Gasteiger charge is 2.03. The second kappa shape index (κ2) is 5.75. The van der Waals surface area contributed by atoms with E-state index in [2.05, 4.69) is 5.32 Å². The Balaban J connectivity index is 2.53. The third-order valence-electron chi connectivity index (χ3n) is 2.07. The first-order valence-electron chi connectivity index (χ1n) is 4.99. The molecule has 0 spiro atoms. The Morgan fingerprint density at radius 2 is 2.12 bits per heavy atom. The first-order valence-corrected chi connectivity index (χ1v) is 7.05. The van der Waals surface area contributed by atoms with Crippen LogP contribution in [0.15, 0.2) is 18.2 Å². The lowest BCUT2D eigenvalue weighted by atomic mass is 10.1. The molecule has 0 bridgehead atoms. The molecule has 0 amide bonds. The Kier molecular flexibility index (Phi) is 4.61. The van der Waals surface area contributed by atoms with Gasteiger partial charge in [0.05, 0.1) is 17.4 Å². The summed E-state index contributed by atoms with van der Waals surface area (Å²) in [5.41, 5.74) is 0.875. The van der Waals surface area contributed by atoms with Gasteiger partial charge in [-0.3, -0.25) is 0 Å². The minimum absolute atomic E-state index is 0.0351. The van der Waals surface area contributed by atoms with Crippen molar-refractivity contribution in [3.05, 3.63) is 35.1 Å². The number of rotatable bonds is 5. The summed E-state index contributed by atoms with van der Waals surface area (Å²) in [6, 6.07) is 5.89. The molecule has 0 aliphatic heterocycles. The third-order valence-corrected chi connectivity index (χ3v) is 3.01. The number of hydrogen-bond acceptors (Lipinski definition) is 4. The molecule has 0 aliphatic rings. The average molecular weight is 256 g/mol. The fraction of sp³-hybridized carbons (Fsp3) is 0.364. The summed E-state index contributed by atoms with van der Waals surface area (Å²) >= 11 is 0. The third kappa shape index (κ3) is 5.43. The van der Waals surface area contributed by atoms with Crippen molar-refractivity contribution in [3.8, 4) is 6.07 Å². The van der Waals surface area contributed by atoms with Gasteiger partial charge in [0.25, 0.3) is 0 Å². The molecule has 1 aromatic rings. The highest BCUT2D eigenvalue weighted by Crippen LogP contribution is 2.08. The van der Waals surface area contributed by atoms with Gasteiger partial charge < -0.3 is 5.32 Å². The van der Waals surface area contributed by atoms with E-state index in [0.29, 0.717) is 18.7 Å². The molecule has 4 nitrogen and oxygen atoms in total. The van der Waals surface area contributed by atoms with Gasteiger partial charge in [0.2, 0.25) is 0 Å². The SMILES string of the molecule is CS(=O)(=O)CCNCc1cc(F)cc(C#N)c1. The van der Waals surface area contributed by atoms with Crippen LogP contribution in [0.1, 0.15) is 11.1 Å². The molecule has 0 saturated carbocycles. The Hall–Kier alpha value is -1.45. The zero-order valence-electron chi connectivity index (χ0n) is 9.40. The zero-order chi connectivity index (χ0) is 12.9. The van der Waals surface area contributed by atoms with Gasteiger partial charge in [0.15, 0.2) is 0 Å². The molecule has 92 valence electrons. The summed E-state index contributed by atoms with van der Waals surface area (Å²) < 4.78 is 34.7. The highest BCUT2D eigenvalue weighted by molar-refractivity contribution is 7.90. The van der Waals surface area contributed by atoms with Crippen LogP contribution in [0.3, 0.4) is 0 Å². The van der Waals surface area contributed by atoms with E-state index in [1.54, 1.807) is 6.07 Å². The molecular weight excluding hydrogens is 243 g/mol. The maximum atomic E-state index is 13.0. The van der Waals surface area contributed by atoms with E-state index in [1.807, 2.05) is 6.07 Å². The van der Waals surface area contributed by atoms with Crippen molar-refractivity contribution >= 4 is 9.84 Å². The number of nitrogens with zero attached hydrogens (tertiary/aromatic N) is 1. The molecule has 1 N–H and O–H groups in total. The molecular formula is C11H13FN2O2S. The Bertz CT molecular complexity index is 535. The van der Waals surface area contributed by atoms with E-state index in [4.69, 9.17) is 5.26 Å². The molecule has 1 rings (SSSR count). The number of hydrogen-bond donors (Lipinski definition) is 1. The predicted octanol–water partition coefficient (Wildman–Crippen LogP) is 0.832. The predicted molar refractivity (Wildman–Crippen MR) is 62.5 cm³/mol. The Morgan fingerprint density at radius 3 is 2.71 bits per heavy atom. The van der Waals surface area contributed by atoms with E-state index in [-0.39, 0.29) is 11.3 Å². The smallest absolute Gasteiger partial charge is 0.148 e. The second-order valence-corrected chi connectivity index (χ2v) is 6.03. The molecule has 0 radical (unpaired) electrons. The largest absolute Gasteiger partial charge is 0.312 e. The summed E-state index contributed by atoms with van der Waals surface area (Å²) in [6.45, 7) is 0.638. The molecule has 0 heterocycles. The van der Waals surface area contributed by atoms with Gasteiger partial charge in [-0.1, -0.05) is 0 Å². The first-order chi connectivity index (χ1) is 7.90. The number of benzene rings is 1. The summed E-state index contributed by atoms with van der Waals surface area (Å²) in [7, 11) is -2.99. The zero-order valence-corrected chi connectivity index (χ0v) is 10.2. The standard InChI is InChI=1S/C11H13FN2O2S/c1-17(15,16)3-2-14-8-10-4-9(7-13)5-11(12)6-10/h4-6,14H,2-3,8H2,1H3. The van der Waals surface area contributed by atoms with Crippen molar-refractivity contribution in [2.24, 2.45) is 0 Å². The number of sulfone groups is 1. The number of nitriles is 1. The molecule has 0 atom stereocenters. The van der Waals surface area contributed by atoms with Crippen molar-refractivity contribution in [1.29, 1.82) is 5.26 Å². The van der Waals surface area contributed by atoms with Gasteiger partial charge in [-0.25, -0.2) is 12.8 Å². The topological polar surface area (TPSA) is 70.0 Å². The van der Waals surface area contributed by atoms with Crippen LogP contribution in [0.5, 0.6) is 0 Å². The lowest BCUT2D eigenvalue weighted by Gasteiger charge is -2.04. The maximum Gasteiger partial charge on any atom is 0.148 e. The molecule has 0 saturated heterocycles. The van der Waals surface area contributed by atoms with Gasteiger partial charge in [-0.2, -0.15) is 5.26 Å². The normalized spacial score (nSPS) is 11.1. The van der Waals surface area contributed by atoms with Crippen LogP contribution < -0.4 is 5.32 Å². The fourth-order valence-corrected chi connectivity index (χ4v) is 1.82. The van der Waals surface area contributed by atoms with Gasteiger partial charge in [0, 0.05) is 19.3 Å². The van der Waals surface area contributed by atoms with Crippen molar-refractivity contribution in [2.75, 3.05) is 18.6 Å². The van der Waals surface area contributed by atoms with Crippen LogP contribution >= 0.6 is 0 Å². The molecule has 0 fully saturated rings. The van der Waals surface area contributed by atoms with E-state index >= 15 is 0 Å². The minimum atomic E-state index is -2.99. The van der Waals surface area contributed by atoms with Crippen LogP contribution in [0.4, 0.5) is 4.39 Å². The van der Waals surface area contributed by atoms with E-state index in [0.717, 1.165) is 12.3 Å². The fourth-order valence-electron chi connectivity index (χ4n) is 1.31.